The predicted molar refractivity (Wildman–Crippen MR) is 104 cm³/mol. The molecule has 1 aromatic heterocycles. The Morgan fingerprint density at radius 2 is 1.56 bits per heavy atom. The van der Waals surface area contributed by atoms with Crippen molar-refractivity contribution in [2.75, 3.05) is 0 Å². The first-order valence-electron chi connectivity index (χ1n) is 8.09. The lowest BCUT2D eigenvalue weighted by molar-refractivity contribution is 0.619. The highest BCUT2D eigenvalue weighted by Gasteiger charge is 2.19. The van der Waals surface area contributed by atoms with Crippen molar-refractivity contribution >= 4 is 23.2 Å². The minimum atomic E-state index is -0.566. The van der Waals surface area contributed by atoms with E-state index in [1.807, 2.05) is 30.3 Å². The van der Waals surface area contributed by atoms with Crippen molar-refractivity contribution < 1.29 is 8.78 Å². The molecule has 6 heteroatoms. The summed E-state index contributed by atoms with van der Waals surface area (Å²) in [4.78, 5) is 4.48. The van der Waals surface area contributed by atoms with E-state index in [0.717, 1.165) is 5.56 Å². The Morgan fingerprint density at radius 3 is 2.30 bits per heavy atom. The average Bonchev–Trinajstić information content (AvgIpc) is 3.12. The smallest absolute Gasteiger partial charge is 0.165 e. The number of aromatic nitrogens is 2. The molecule has 0 bridgehead atoms. The van der Waals surface area contributed by atoms with Crippen LogP contribution in [0.3, 0.4) is 0 Å². The minimum absolute atomic E-state index is 0.00306. The number of imidazole rings is 1. The summed E-state index contributed by atoms with van der Waals surface area (Å²) in [6, 6.07) is 18.5. The third kappa shape index (κ3) is 3.22. The zero-order valence-corrected chi connectivity index (χ0v) is 15.3. The number of halogens is 4. The lowest BCUT2D eigenvalue weighted by atomic mass is 10.1. The number of hydrogen-bond acceptors (Lipinski definition) is 1. The van der Waals surface area contributed by atoms with E-state index in [0.29, 0.717) is 17.1 Å². The fourth-order valence-electron chi connectivity index (χ4n) is 2.91. The normalized spacial score (nSPS) is 11.0. The molecular formula is C21H12Cl2F2N2. The van der Waals surface area contributed by atoms with Gasteiger partial charge in [0.2, 0.25) is 0 Å². The number of benzene rings is 3. The Balaban J connectivity index is 2.02. The molecule has 0 aliphatic heterocycles. The van der Waals surface area contributed by atoms with Gasteiger partial charge in [0, 0.05) is 11.1 Å². The molecule has 134 valence electrons. The van der Waals surface area contributed by atoms with Crippen LogP contribution in [0.15, 0.2) is 72.9 Å². The van der Waals surface area contributed by atoms with E-state index < -0.39 is 11.6 Å². The van der Waals surface area contributed by atoms with Gasteiger partial charge in [-0.3, -0.25) is 4.57 Å². The van der Waals surface area contributed by atoms with E-state index in [4.69, 9.17) is 23.2 Å². The fourth-order valence-corrected chi connectivity index (χ4v) is 3.26. The van der Waals surface area contributed by atoms with Gasteiger partial charge in [-0.15, -0.1) is 0 Å². The highest BCUT2D eigenvalue weighted by molar-refractivity contribution is 6.31. The molecule has 0 unspecified atom stereocenters. The Labute approximate surface area is 164 Å². The van der Waals surface area contributed by atoms with Crippen LogP contribution in [0.2, 0.25) is 10.0 Å². The summed E-state index contributed by atoms with van der Waals surface area (Å²) in [7, 11) is 0. The van der Waals surface area contributed by atoms with E-state index in [-0.39, 0.29) is 15.7 Å². The van der Waals surface area contributed by atoms with Crippen molar-refractivity contribution in [2.24, 2.45) is 0 Å². The lowest BCUT2D eigenvalue weighted by Gasteiger charge is -2.14. The second kappa shape index (κ2) is 7.14. The number of hydrogen-bond donors (Lipinski definition) is 0. The van der Waals surface area contributed by atoms with Gasteiger partial charge < -0.3 is 0 Å². The van der Waals surface area contributed by atoms with Gasteiger partial charge in [0.1, 0.15) is 11.6 Å². The summed E-state index contributed by atoms with van der Waals surface area (Å²) in [5.74, 6) is -0.556. The van der Waals surface area contributed by atoms with Crippen molar-refractivity contribution in [2.45, 2.75) is 0 Å². The molecule has 0 amide bonds. The first kappa shape index (κ1) is 17.7. The molecule has 4 rings (SSSR count). The van der Waals surface area contributed by atoms with Crippen molar-refractivity contribution in [3.05, 3.63) is 94.6 Å². The van der Waals surface area contributed by atoms with Crippen LogP contribution in [0.1, 0.15) is 0 Å². The van der Waals surface area contributed by atoms with Crippen LogP contribution < -0.4 is 0 Å². The van der Waals surface area contributed by atoms with Crippen LogP contribution in [0.5, 0.6) is 0 Å². The van der Waals surface area contributed by atoms with Gasteiger partial charge in [-0.25, -0.2) is 13.8 Å². The second-order valence-electron chi connectivity index (χ2n) is 5.87. The maximum Gasteiger partial charge on any atom is 0.165 e. The molecular weight excluding hydrogens is 389 g/mol. The Kier molecular flexibility index (Phi) is 4.68. The maximum absolute atomic E-state index is 14.8. The summed E-state index contributed by atoms with van der Waals surface area (Å²) < 4.78 is 30.1. The first-order chi connectivity index (χ1) is 13.1. The van der Waals surface area contributed by atoms with E-state index in [1.54, 1.807) is 29.0 Å². The Morgan fingerprint density at radius 1 is 0.778 bits per heavy atom. The summed E-state index contributed by atoms with van der Waals surface area (Å²) in [6.07, 6.45) is 1.60. The van der Waals surface area contributed by atoms with Crippen molar-refractivity contribution in [1.29, 1.82) is 0 Å². The minimum Gasteiger partial charge on any atom is -0.289 e. The van der Waals surface area contributed by atoms with Crippen LogP contribution in [-0.2, 0) is 0 Å². The van der Waals surface area contributed by atoms with Gasteiger partial charge in [0.25, 0.3) is 0 Å². The molecule has 0 spiro atoms. The maximum atomic E-state index is 14.8. The average molecular weight is 401 g/mol. The quantitative estimate of drug-likeness (QED) is 0.370. The molecule has 1 heterocycles. The summed E-state index contributed by atoms with van der Waals surface area (Å²) in [5.41, 5.74) is 2.22. The van der Waals surface area contributed by atoms with Gasteiger partial charge in [-0.05, 0) is 30.3 Å². The highest BCUT2D eigenvalue weighted by Crippen LogP contribution is 2.34. The third-order valence-electron chi connectivity index (χ3n) is 4.18. The number of rotatable bonds is 3. The molecule has 4 aromatic rings. The lowest BCUT2D eigenvalue weighted by Crippen LogP contribution is -2.03. The van der Waals surface area contributed by atoms with E-state index in [2.05, 4.69) is 4.98 Å². The van der Waals surface area contributed by atoms with Gasteiger partial charge >= 0.3 is 0 Å². The zero-order valence-electron chi connectivity index (χ0n) is 13.8. The Hall–Kier alpha value is -2.69. The SMILES string of the molecule is Fc1ccc(-c2cnc(-c3ccccc3)n2-c2cccc(Cl)c2F)cc1Cl. The highest BCUT2D eigenvalue weighted by atomic mass is 35.5. The molecule has 0 radical (unpaired) electrons. The molecule has 0 aliphatic rings. The van der Waals surface area contributed by atoms with E-state index >= 15 is 0 Å². The predicted octanol–water partition coefficient (Wildman–Crippen LogP) is 6.79. The summed E-state index contributed by atoms with van der Waals surface area (Å²) in [5, 5.41) is -0.0172. The second-order valence-corrected chi connectivity index (χ2v) is 6.68. The van der Waals surface area contributed by atoms with Crippen LogP contribution in [-0.4, -0.2) is 9.55 Å². The third-order valence-corrected chi connectivity index (χ3v) is 4.76. The Bertz CT molecular complexity index is 1120. The van der Waals surface area contributed by atoms with Crippen LogP contribution in [0.4, 0.5) is 8.78 Å². The van der Waals surface area contributed by atoms with Gasteiger partial charge in [0.05, 0.1) is 27.6 Å². The van der Waals surface area contributed by atoms with Crippen molar-refractivity contribution in [3.63, 3.8) is 0 Å². The van der Waals surface area contributed by atoms with E-state index in [9.17, 15) is 8.78 Å². The standard InChI is InChI=1S/C21H12Cl2F2N2/c22-15-7-4-8-18(20(15)25)27-19(14-9-10-17(24)16(23)11-14)12-26-21(27)13-5-2-1-3-6-13/h1-12H. The van der Waals surface area contributed by atoms with Crippen LogP contribution >= 0.6 is 23.2 Å². The molecule has 0 N–H and O–H groups in total. The van der Waals surface area contributed by atoms with Gasteiger partial charge in [0.15, 0.2) is 5.82 Å². The fraction of sp³-hybridized carbons (Fsp3) is 0. The van der Waals surface area contributed by atoms with Crippen LogP contribution in [0.25, 0.3) is 28.3 Å². The van der Waals surface area contributed by atoms with Crippen LogP contribution in [0, 0.1) is 11.6 Å². The molecule has 2 nitrogen and oxygen atoms in total. The van der Waals surface area contributed by atoms with Gasteiger partial charge in [-0.1, -0.05) is 59.6 Å². The summed E-state index contributed by atoms with van der Waals surface area (Å²) in [6.45, 7) is 0. The largest absolute Gasteiger partial charge is 0.289 e. The molecule has 3 aromatic carbocycles. The molecule has 27 heavy (non-hydrogen) atoms. The van der Waals surface area contributed by atoms with Crippen molar-refractivity contribution in [1.82, 2.24) is 9.55 Å². The molecule has 0 saturated heterocycles. The monoisotopic (exact) mass is 400 g/mol. The molecule has 0 aliphatic carbocycles. The topological polar surface area (TPSA) is 17.8 Å². The first-order valence-corrected chi connectivity index (χ1v) is 8.85. The molecule has 0 fully saturated rings. The van der Waals surface area contributed by atoms with Crippen molar-refractivity contribution in [3.8, 4) is 28.3 Å². The molecule has 0 atom stereocenters. The number of nitrogens with zero attached hydrogens (tertiary/aromatic N) is 2. The summed E-state index contributed by atoms with van der Waals surface area (Å²) >= 11 is 11.9. The van der Waals surface area contributed by atoms with Gasteiger partial charge in [-0.2, -0.15) is 0 Å². The van der Waals surface area contributed by atoms with E-state index in [1.165, 1.54) is 18.2 Å². The zero-order chi connectivity index (χ0) is 19.0. The molecule has 0 saturated carbocycles.